The van der Waals surface area contributed by atoms with Crippen molar-refractivity contribution in [2.24, 2.45) is 0 Å². The van der Waals surface area contributed by atoms with Gasteiger partial charge in [0, 0.05) is 12.5 Å². The van der Waals surface area contributed by atoms with E-state index in [-0.39, 0.29) is 12.5 Å². The molecule has 0 aliphatic heterocycles. The maximum Gasteiger partial charge on any atom is 0.0499 e. The molecule has 1 aromatic rings. The molecular formula is C12H16O. The van der Waals surface area contributed by atoms with Gasteiger partial charge in [-0.3, -0.25) is 0 Å². The van der Waals surface area contributed by atoms with Gasteiger partial charge >= 0.3 is 0 Å². The minimum atomic E-state index is 0.219. The third kappa shape index (κ3) is 2.43. The van der Waals surface area contributed by atoms with Gasteiger partial charge in [0.2, 0.25) is 0 Å². The lowest BCUT2D eigenvalue weighted by molar-refractivity contribution is 0.262. The van der Waals surface area contributed by atoms with Crippen molar-refractivity contribution >= 4 is 6.08 Å². The highest BCUT2D eigenvalue weighted by Crippen LogP contribution is 2.19. The molecule has 0 spiro atoms. The summed E-state index contributed by atoms with van der Waals surface area (Å²) >= 11 is 0. The molecular weight excluding hydrogens is 160 g/mol. The van der Waals surface area contributed by atoms with E-state index in [1.807, 2.05) is 18.2 Å². The topological polar surface area (TPSA) is 20.2 Å². The van der Waals surface area contributed by atoms with E-state index < -0.39 is 0 Å². The van der Waals surface area contributed by atoms with E-state index in [0.717, 1.165) is 12.0 Å². The summed E-state index contributed by atoms with van der Waals surface area (Å²) in [4.78, 5) is 0. The molecule has 70 valence electrons. The molecule has 1 atom stereocenters. The van der Waals surface area contributed by atoms with Crippen LogP contribution in [0.2, 0.25) is 0 Å². The summed E-state index contributed by atoms with van der Waals surface area (Å²) in [7, 11) is 0. The Morgan fingerprint density at radius 1 is 1.54 bits per heavy atom. The summed E-state index contributed by atoms with van der Waals surface area (Å²) in [6.07, 6.45) is 2.80. The van der Waals surface area contributed by atoms with E-state index in [1.54, 1.807) is 0 Å². The third-order valence-corrected chi connectivity index (χ3v) is 2.33. The van der Waals surface area contributed by atoms with Gasteiger partial charge in [-0.15, -0.1) is 0 Å². The lowest BCUT2D eigenvalue weighted by Gasteiger charge is -2.12. The standard InChI is InChI=1S/C12H16O/c1-3-10-6-5-7-12(8-10)11(4-2)9-13/h3,5-8,11,13H,1,4,9H2,2H3. The fraction of sp³-hybridized carbons (Fsp3) is 0.333. The number of aliphatic hydroxyl groups is 1. The molecule has 1 unspecified atom stereocenters. The molecule has 0 saturated carbocycles. The van der Waals surface area contributed by atoms with Gasteiger partial charge in [0.15, 0.2) is 0 Å². The van der Waals surface area contributed by atoms with Crippen LogP contribution in [-0.2, 0) is 0 Å². The molecule has 1 N–H and O–H groups in total. The van der Waals surface area contributed by atoms with Crippen LogP contribution in [0.3, 0.4) is 0 Å². The highest BCUT2D eigenvalue weighted by molar-refractivity contribution is 5.48. The number of hydrogen-bond donors (Lipinski definition) is 1. The zero-order valence-corrected chi connectivity index (χ0v) is 8.03. The van der Waals surface area contributed by atoms with E-state index in [9.17, 15) is 0 Å². The second-order valence-electron chi connectivity index (χ2n) is 3.16. The van der Waals surface area contributed by atoms with Crippen LogP contribution in [0, 0.1) is 0 Å². The molecule has 13 heavy (non-hydrogen) atoms. The predicted molar refractivity (Wildman–Crippen MR) is 56.7 cm³/mol. The second kappa shape index (κ2) is 4.83. The van der Waals surface area contributed by atoms with E-state index in [4.69, 9.17) is 5.11 Å². The first-order valence-corrected chi connectivity index (χ1v) is 4.65. The van der Waals surface area contributed by atoms with Crippen LogP contribution in [0.5, 0.6) is 0 Å². The van der Waals surface area contributed by atoms with Crippen molar-refractivity contribution < 1.29 is 5.11 Å². The SMILES string of the molecule is C=Cc1cccc(C(CC)CO)c1. The molecule has 0 aromatic heterocycles. The maximum absolute atomic E-state index is 9.12. The number of rotatable bonds is 4. The van der Waals surface area contributed by atoms with Crippen molar-refractivity contribution in [3.8, 4) is 0 Å². The van der Waals surface area contributed by atoms with Gasteiger partial charge in [-0.05, 0) is 17.5 Å². The molecule has 0 heterocycles. The quantitative estimate of drug-likeness (QED) is 0.748. The molecule has 0 radical (unpaired) electrons. The Kier molecular flexibility index (Phi) is 3.71. The van der Waals surface area contributed by atoms with Gasteiger partial charge in [-0.25, -0.2) is 0 Å². The molecule has 0 bridgehead atoms. The van der Waals surface area contributed by atoms with Crippen LogP contribution in [0.4, 0.5) is 0 Å². The molecule has 0 aliphatic carbocycles. The zero-order chi connectivity index (χ0) is 9.68. The third-order valence-electron chi connectivity index (χ3n) is 2.33. The fourth-order valence-corrected chi connectivity index (χ4v) is 1.41. The summed E-state index contributed by atoms with van der Waals surface area (Å²) < 4.78 is 0. The Hall–Kier alpha value is -1.08. The van der Waals surface area contributed by atoms with Crippen LogP contribution >= 0.6 is 0 Å². The molecule has 0 aliphatic rings. The number of benzene rings is 1. The van der Waals surface area contributed by atoms with Gasteiger partial charge in [0.05, 0.1) is 0 Å². The Bertz CT molecular complexity index is 274. The van der Waals surface area contributed by atoms with Crippen molar-refractivity contribution in [1.29, 1.82) is 0 Å². The minimum absolute atomic E-state index is 0.219. The first-order valence-electron chi connectivity index (χ1n) is 4.65. The van der Waals surface area contributed by atoms with E-state index in [0.29, 0.717) is 0 Å². The minimum Gasteiger partial charge on any atom is -0.396 e. The van der Waals surface area contributed by atoms with Crippen molar-refractivity contribution in [1.82, 2.24) is 0 Å². The molecule has 0 saturated heterocycles. The van der Waals surface area contributed by atoms with E-state index in [2.05, 4.69) is 25.6 Å². The lowest BCUT2D eigenvalue weighted by Crippen LogP contribution is -2.02. The summed E-state index contributed by atoms with van der Waals surface area (Å²) in [6, 6.07) is 8.15. The van der Waals surface area contributed by atoms with E-state index >= 15 is 0 Å². The Morgan fingerprint density at radius 3 is 2.85 bits per heavy atom. The summed E-state index contributed by atoms with van der Waals surface area (Å²) in [5, 5.41) is 9.12. The van der Waals surface area contributed by atoms with Gasteiger partial charge in [-0.2, -0.15) is 0 Å². The van der Waals surface area contributed by atoms with Crippen LogP contribution in [0.15, 0.2) is 30.8 Å². The first kappa shape index (κ1) is 10.0. The predicted octanol–water partition coefficient (Wildman–Crippen LogP) is 2.82. The molecule has 0 fully saturated rings. The van der Waals surface area contributed by atoms with Crippen molar-refractivity contribution in [2.45, 2.75) is 19.3 Å². The fourth-order valence-electron chi connectivity index (χ4n) is 1.41. The highest BCUT2D eigenvalue weighted by Gasteiger charge is 2.06. The summed E-state index contributed by atoms with van der Waals surface area (Å²) in [5.74, 6) is 0.264. The van der Waals surface area contributed by atoms with Crippen LogP contribution in [0.1, 0.15) is 30.4 Å². The van der Waals surface area contributed by atoms with Crippen LogP contribution in [-0.4, -0.2) is 11.7 Å². The average molecular weight is 176 g/mol. The summed E-state index contributed by atoms with van der Waals surface area (Å²) in [5.41, 5.74) is 2.31. The first-order chi connectivity index (χ1) is 6.31. The van der Waals surface area contributed by atoms with Crippen molar-refractivity contribution in [3.05, 3.63) is 42.0 Å². The van der Waals surface area contributed by atoms with Crippen LogP contribution < -0.4 is 0 Å². The largest absolute Gasteiger partial charge is 0.396 e. The van der Waals surface area contributed by atoms with Crippen molar-refractivity contribution in [2.75, 3.05) is 6.61 Å². The van der Waals surface area contributed by atoms with Gasteiger partial charge in [0.1, 0.15) is 0 Å². The molecule has 1 nitrogen and oxygen atoms in total. The zero-order valence-electron chi connectivity index (χ0n) is 8.03. The molecule has 1 heteroatoms. The molecule has 1 aromatic carbocycles. The van der Waals surface area contributed by atoms with Crippen molar-refractivity contribution in [3.63, 3.8) is 0 Å². The number of hydrogen-bond acceptors (Lipinski definition) is 1. The van der Waals surface area contributed by atoms with Gasteiger partial charge in [-0.1, -0.05) is 43.8 Å². The number of aliphatic hydroxyl groups excluding tert-OH is 1. The smallest absolute Gasteiger partial charge is 0.0499 e. The monoisotopic (exact) mass is 176 g/mol. The summed E-state index contributed by atoms with van der Waals surface area (Å²) in [6.45, 7) is 6.02. The van der Waals surface area contributed by atoms with E-state index in [1.165, 1.54) is 5.56 Å². The Morgan fingerprint density at radius 2 is 2.31 bits per heavy atom. The van der Waals surface area contributed by atoms with Gasteiger partial charge in [0.25, 0.3) is 0 Å². The van der Waals surface area contributed by atoms with Gasteiger partial charge < -0.3 is 5.11 Å². The average Bonchev–Trinajstić information content (AvgIpc) is 2.20. The normalized spacial score (nSPS) is 12.5. The Balaban J connectivity index is 2.92. The lowest BCUT2D eigenvalue weighted by atomic mass is 9.96. The maximum atomic E-state index is 9.12. The van der Waals surface area contributed by atoms with Crippen LogP contribution in [0.25, 0.3) is 6.08 Å². The highest BCUT2D eigenvalue weighted by atomic mass is 16.3. The Labute approximate surface area is 79.7 Å². The molecule has 0 amide bonds. The molecule has 1 rings (SSSR count). The second-order valence-corrected chi connectivity index (χ2v) is 3.16.